The van der Waals surface area contributed by atoms with Gasteiger partial charge in [0.1, 0.15) is 12.2 Å². The van der Waals surface area contributed by atoms with Crippen LogP contribution >= 0.6 is 23.2 Å². The Morgan fingerprint density at radius 2 is 1.74 bits per heavy atom. The first-order valence-electron chi connectivity index (χ1n) is 16.6. The molecule has 0 radical (unpaired) electrons. The summed E-state index contributed by atoms with van der Waals surface area (Å²) in [6, 6.07) is 27.5. The van der Waals surface area contributed by atoms with Crippen molar-refractivity contribution >= 4 is 58.4 Å². The molecule has 1 saturated heterocycles. The van der Waals surface area contributed by atoms with Gasteiger partial charge in [-0.1, -0.05) is 0 Å². The van der Waals surface area contributed by atoms with Gasteiger partial charge in [0.25, 0.3) is 0 Å². The summed E-state index contributed by atoms with van der Waals surface area (Å²) in [7, 11) is 0. The maximum atomic E-state index is 14.6. The average molecular weight is 699 g/mol. The number of pyridine rings is 1. The van der Waals surface area contributed by atoms with Crippen LogP contribution in [0.3, 0.4) is 0 Å². The number of anilines is 2. The Labute approximate surface area is 299 Å². The van der Waals surface area contributed by atoms with Crippen LogP contribution in [0.4, 0.5) is 11.5 Å². The molecular formula is C38H33BCl2N8O. The molecule has 0 saturated carbocycles. The zero-order valence-corrected chi connectivity index (χ0v) is 28.8. The van der Waals surface area contributed by atoms with Gasteiger partial charge in [0, 0.05) is 0 Å². The van der Waals surface area contributed by atoms with Crippen LogP contribution in [0.25, 0.3) is 33.2 Å². The molecule has 1 aliphatic heterocycles. The van der Waals surface area contributed by atoms with E-state index >= 15 is 0 Å². The van der Waals surface area contributed by atoms with Gasteiger partial charge in [0.05, 0.1) is 0 Å². The molecule has 1 unspecified atom stereocenters. The number of nitrogens with one attached hydrogen (secondary N) is 3. The Morgan fingerprint density at radius 3 is 2.50 bits per heavy atom. The average Bonchev–Trinajstić information content (AvgIpc) is 3.91. The van der Waals surface area contributed by atoms with Gasteiger partial charge in [-0.2, -0.15) is 5.10 Å². The van der Waals surface area contributed by atoms with E-state index in [4.69, 9.17) is 28.2 Å². The van der Waals surface area contributed by atoms with E-state index in [1.807, 2.05) is 72.8 Å². The van der Waals surface area contributed by atoms with Crippen molar-refractivity contribution in [2.45, 2.75) is 31.7 Å². The fraction of sp³-hybridized carbons (Fsp3) is 0.184. The number of hydrogen-bond donors (Lipinski definition) is 3. The van der Waals surface area contributed by atoms with E-state index in [9.17, 15) is 4.79 Å². The van der Waals surface area contributed by atoms with E-state index in [-0.39, 0.29) is 11.9 Å². The third kappa shape index (κ3) is 6.10. The number of rotatable bonds is 8. The summed E-state index contributed by atoms with van der Waals surface area (Å²) in [6.07, 6.45) is 7.21. The number of nitrogens with zero attached hydrogens (tertiary/aromatic N) is 5. The molecule has 1 atom stereocenters. The van der Waals surface area contributed by atoms with E-state index in [0.717, 1.165) is 76.3 Å². The van der Waals surface area contributed by atoms with Gasteiger partial charge in [0.15, 0.2) is 0 Å². The van der Waals surface area contributed by atoms with Crippen LogP contribution in [0.1, 0.15) is 53.6 Å². The van der Waals surface area contributed by atoms with Crippen molar-refractivity contribution in [3.05, 3.63) is 131 Å². The molecule has 5 heterocycles. The van der Waals surface area contributed by atoms with Crippen LogP contribution in [0, 0.1) is 0 Å². The fourth-order valence-corrected chi connectivity index (χ4v) is 7.38. The monoisotopic (exact) mass is 698 g/mol. The minimum atomic E-state index is -0.274. The van der Waals surface area contributed by atoms with Gasteiger partial charge in [-0.25, -0.2) is 4.98 Å². The molecule has 7 aromatic rings. The quantitative estimate of drug-likeness (QED) is 0.147. The van der Waals surface area contributed by atoms with Crippen LogP contribution in [-0.2, 0) is 0 Å². The normalized spacial score (nSPS) is 14.2. The van der Waals surface area contributed by atoms with E-state index in [1.54, 1.807) is 12.5 Å². The summed E-state index contributed by atoms with van der Waals surface area (Å²) < 4.78 is 2.23. The predicted molar refractivity (Wildman–Crippen MR) is 202 cm³/mol. The molecule has 0 aliphatic carbocycles. The summed E-state index contributed by atoms with van der Waals surface area (Å²) in [5.74, 6) is 1.68. The first kappa shape index (κ1) is 32.0. The van der Waals surface area contributed by atoms with Crippen LogP contribution in [0.15, 0.2) is 104 Å². The number of benzene rings is 3. The van der Waals surface area contributed by atoms with E-state index in [1.165, 1.54) is 0 Å². The third-order valence-corrected chi connectivity index (χ3v) is 10.1. The van der Waals surface area contributed by atoms with Crippen molar-refractivity contribution in [1.29, 1.82) is 0 Å². The molecule has 12 heteroatoms. The molecule has 3 N–H and O–H groups in total. The first-order valence-corrected chi connectivity index (χ1v) is 17.4. The molecule has 3 aromatic carbocycles. The molecule has 8 rings (SSSR count). The van der Waals surface area contributed by atoms with Crippen molar-refractivity contribution < 1.29 is 4.79 Å². The summed E-state index contributed by atoms with van der Waals surface area (Å²) in [5.41, 5.74) is 6.69. The van der Waals surface area contributed by atoms with E-state index in [0.29, 0.717) is 27.3 Å². The van der Waals surface area contributed by atoms with Crippen LogP contribution < -0.4 is 10.2 Å². The molecule has 1 amide bonds. The van der Waals surface area contributed by atoms with E-state index < -0.39 is 0 Å². The summed E-state index contributed by atoms with van der Waals surface area (Å²) in [4.78, 5) is 29.4. The molecule has 0 spiro atoms. The fourth-order valence-electron chi connectivity index (χ4n) is 7.08. The van der Waals surface area contributed by atoms with Crippen molar-refractivity contribution in [3.8, 4) is 22.3 Å². The molecular weight excluding hydrogens is 666 g/mol. The molecule has 50 heavy (non-hydrogen) atoms. The zero-order chi connectivity index (χ0) is 34.2. The topological polar surface area (TPSA) is 108 Å². The van der Waals surface area contributed by atoms with Gasteiger partial charge < -0.3 is 0 Å². The van der Waals surface area contributed by atoms with Crippen molar-refractivity contribution in [2.24, 2.45) is 0 Å². The number of aromatic nitrogens is 6. The Balaban J connectivity index is 1.21. The molecule has 9 nitrogen and oxygen atoms in total. The molecule has 4 aromatic heterocycles. The number of piperidine rings is 1. The number of carbonyl (C=O) groups is 1. The molecule has 1 aliphatic rings. The predicted octanol–water partition coefficient (Wildman–Crippen LogP) is 8.71. The van der Waals surface area contributed by atoms with Gasteiger partial charge in [-0.15, -0.1) is 0 Å². The second-order valence-corrected chi connectivity index (χ2v) is 13.5. The number of carbonyl (C=O) groups excluding carboxylic acids is 1. The first-order chi connectivity index (χ1) is 24.4. The Kier molecular flexibility index (Phi) is 8.72. The van der Waals surface area contributed by atoms with Crippen LogP contribution in [-0.4, -0.2) is 55.6 Å². The summed E-state index contributed by atoms with van der Waals surface area (Å²) >= 11 is 12.8. The Morgan fingerprint density at radius 1 is 0.960 bits per heavy atom. The molecule has 0 bridgehead atoms. The second kappa shape index (κ2) is 13.6. The van der Waals surface area contributed by atoms with E-state index in [2.05, 4.69) is 67.0 Å². The summed E-state index contributed by atoms with van der Waals surface area (Å²) in [6.45, 7) is 5.82. The zero-order valence-electron chi connectivity index (χ0n) is 27.3. The second-order valence-electron chi connectivity index (χ2n) is 12.6. The minimum absolute atomic E-state index is 0.0716. The molecule has 248 valence electrons. The number of H-pyrrole nitrogens is 2. The number of halogens is 2. The van der Waals surface area contributed by atoms with Crippen molar-refractivity contribution in [3.63, 3.8) is 0 Å². The molecule has 1 fully saturated rings. The van der Waals surface area contributed by atoms with Gasteiger partial charge in [-0.05, 0) is 0 Å². The SMILES string of the molecule is CC(c1ccc(Cl)cc1)n1cbc(-c2ccccc2)c1-c1c(C(=O)Nc2cccnc2N2CCC(c3ncn[nH]3)CC2)[nH]c2cc(Cl)ccc12. The van der Waals surface area contributed by atoms with Gasteiger partial charge in [0.2, 0.25) is 0 Å². The number of fused-ring (bicyclic) bond motifs is 1. The Hall–Kier alpha value is -5.19. The third-order valence-electron chi connectivity index (χ3n) is 9.64. The Bertz CT molecular complexity index is 2280. The summed E-state index contributed by atoms with van der Waals surface area (Å²) in [5, 5.41) is 12.4. The standard InChI is InChI=1S/C38H33BCl2N8O/c1-23(24-9-11-27(40)12-10-24)49-21-39-33(25-6-3-2-4-7-25)35(49)32-29-14-13-28(41)20-31(29)45-34(32)38(50)46-30-8-5-17-42-37(30)48-18-15-26(16-19-48)36-43-22-44-47-36/h2-14,17,20-23,26,45H,15-16,18-19H2,1H3,(H,46,50)(H,43,44,47). The number of aromatic amines is 2. The number of amides is 1. The number of hydrogen-bond acceptors (Lipinski definition) is 5. The van der Waals surface area contributed by atoms with Gasteiger partial charge >= 0.3 is 274 Å². The van der Waals surface area contributed by atoms with Crippen LogP contribution in [0.5, 0.6) is 0 Å². The van der Waals surface area contributed by atoms with Crippen LogP contribution in [0.2, 0.25) is 10.0 Å². The maximum absolute atomic E-state index is 14.6. The van der Waals surface area contributed by atoms with Crippen molar-refractivity contribution in [1.82, 2.24) is 29.7 Å². The van der Waals surface area contributed by atoms with Crippen molar-refractivity contribution in [2.75, 3.05) is 23.3 Å². The van der Waals surface area contributed by atoms with Gasteiger partial charge in [-0.3, -0.25) is 5.10 Å².